The molecule has 3 rings (SSSR count). The number of hydrogen-bond acceptors (Lipinski definition) is 6. The first-order valence-corrected chi connectivity index (χ1v) is 8.28. The summed E-state index contributed by atoms with van der Waals surface area (Å²) in [5.74, 6) is -0.0448. The second kappa shape index (κ2) is 7.50. The third-order valence-electron chi connectivity index (χ3n) is 3.58. The van der Waals surface area contributed by atoms with Crippen LogP contribution < -0.4 is 0 Å². The SMILES string of the molecule is O=C(CN1C(=O)S/C(=C/C=C/c2ccco2)C1=O)N1CCOCC1. The molecule has 126 valence electrons. The summed E-state index contributed by atoms with van der Waals surface area (Å²) in [6, 6.07) is 3.53. The van der Waals surface area contributed by atoms with E-state index in [1.54, 1.807) is 41.5 Å². The van der Waals surface area contributed by atoms with Gasteiger partial charge in [0.2, 0.25) is 5.91 Å². The number of hydrogen-bond donors (Lipinski definition) is 0. The van der Waals surface area contributed by atoms with E-state index in [9.17, 15) is 14.4 Å². The summed E-state index contributed by atoms with van der Waals surface area (Å²) >= 11 is 0.829. The van der Waals surface area contributed by atoms with Crippen LogP contribution in [0.1, 0.15) is 5.76 Å². The van der Waals surface area contributed by atoms with Gasteiger partial charge in [-0.3, -0.25) is 19.3 Å². The van der Waals surface area contributed by atoms with E-state index >= 15 is 0 Å². The fourth-order valence-corrected chi connectivity index (χ4v) is 3.10. The Labute approximate surface area is 142 Å². The van der Waals surface area contributed by atoms with Crippen molar-refractivity contribution in [1.29, 1.82) is 0 Å². The number of nitrogens with zero attached hydrogens (tertiary/aromatic N) is 2. The minimum atomic E-state index is -0.448. The molecule has 0 spiro atoms. The average molecular weight is 348 g/mol. The first-order chi connectivity index (χ1) is 11.6. The number of furan rings is 1. The standard InChI is InChI=1S/C16H16N2O5S/c19-14(17-6-9-22-10-7-17)11-18-15(20)13(24-16(18)21)5-1-3-12-4-2-8-23-12/h1-5,8H,6-7,9-11H2/b3-1+,13-5+. The van der Waals surface area contributed by atoms with Gasteiger partial charge < -0.3 is 14.1 Å². The van der Waals surface area contributed by atoms with Gasteiger partial charge in [0.05, 0.1) is 24.4 Å². The van der Waals surface area contributed by atoms with E-state index in [1.807, 2.05) is 0 Å². The molecular formula is C16H16N2O5S. The number of amides is 3. The highest BCUT2D eigenvalue weighted by molar-refractivity contribution is 8.18. The molecule has 1 aromatic rings. The van der Waals surface area contributed by atoms with Crippen LogP contribution >= 0.6 is 11.8 Å². The van der Waals surface area contributed by atoms with Crippen LogP contribution in [-0.4, -0.2) is 59.7 Å². The van der Waals surface area contributed by atoms with E-state index < -0.39 is 11.1 Å². The molecule has 24 heavy (non-hydrogen) atoms. The Morgan fingerprint density at radius 3 is 2.79 bits per heavy atom. The minimum absolute atomic E-state index is 0.232. The second-order valence-corrected chi connectivity index (χ2v) is 6.15. The summed E-state index contributed by atoms with van der Waals surface area (Å²) < 4.78 is 10.3. The first-order valence-electron chi connectivity index (χ1n) is 7.46. The second-order valence-electron chi connectivity index (χ2n) is 5.16. The molecule has 3 amide bonds. The van der Waals surface area contributed by atoms with Crippen LogP contribution in [0.15, 0.2) is 39.9 Å². The zero-order valence-electron chi connectivity index (χ0n) is 12.8. The van der Waals surface area contributed by atoms with Crippen molar-refractivity contribution in [2.45, 2.75) is 0 Å². The van der Waals surface area contributed by atoms with E-state index in [0.29, 0.717) is 32.1 Å². The Bertz CT molecular complexity index is 689. The molecule has 2 aliphatic heterocycles. The van der Waals surface area contributed by atoms with Crippen LogP contribution in [0.4, 0.5) is 4.79 Å². The topological polar surface area (TPSA) is 80.1 Å². The minimum Gasteiger partial charge on any atom is -0.465 e. The van der Waals surface area contributed by atoms with E-state index in [4.69, 9.17) is 9.15 Å². The number of carbonyl (C=O) groups is 3. The van der Waals surface area contributed by atoms with E-state index in [1.165, 1.54) is 0 Å². The van der Waals surface area contributed by atoms with Crippen molar-refractivity contribution < 1.29 is 23.5 Å². The monoisotopic (exact) mass is 348 g/mol. The van der Waals surface area contributed by atoms with Gasteiger partial charge in [-0.1, -0.05) is 6.08 Å². The molecule has 0 bridgehead atoms. The maximum absolute atomic E-state index is 12.3. The summed E-state index contributed by atoms with van der Waals surface area (Å²) in [7, 11) is 0. The maximum Gasteiger partial charge on any atom is 0.294 e. The summed E-state index contributed by atoms with van der Waals surface area (Å²) in [4.78, 5) is 39.3. The first kappa shape index (κ1) is 16.5. The van der Waals surface area contributed by atoms with Crippen molar-refractivity contribution in [2.24, 2.45) is 0 Å². The molecule has 0 N–H and O–H groups in total. The van der Waals surface area contributed by atoms with Crippen LogP contribution in [0, 0.1) is 0 Å². The van der Waals surface area contributed by atoms with Gasteiger partial charge in [0.1, 0.15) is 12.3 Å². The highest BCUT2D eigenvalue weighted by Crippen LogP contribution is 2.30. The molecule has 2 saturated heterocycles. The zero-order chi connectivity index (χ0) is 16.9. The number of allylic oxidation sites excluding steroid dienone is 2. The molecule has 1 aromatic heterocycles. The van der Waals surface area contributed by atoms with Crippen molar-refractivity contribution in [3.05, 3.63) is 41.2 Å². The van der Waals surface area contributed by atoms with Crippen LogP contribution in [-0.2, 0) is 14.3 Å². The van der Waals surface area contributed by atoms with Gasteiger partial charge in [-0.2, -0.15) is 0 Å². The lowest BCUT2D eigenvalue weighted by Crippen LogP contribution is -2.46. The van der Waals surface area contributed by atoms with Crippen molar-refractivity contribution in [2.75, 3.05) is 32.8 Å². The van der Waals surface area contributed by atoms with Crippen molar-refractivity contribution in [3.63, 3.8) is 0 Å². The third kappa shape index (κ3) is 3.77. The van der Waals surface area contributed by atoms with Gasteiger partial charge in [-0.05, 0) is 36.0 Å². The van der Waals surface area contributed by atoms with Gasteiger partial charge in [0, 0.05) is 13.1 Å². The van der Waals surface area contributed by atoms with Crippen molar-refractivity contribution in [3.8, 4) is 0 Å². The lowest BCUT2D eigenvalue weighted by atomic mass is 10.3. The Hall–Kier alpha value is -2.32. The fourth-order valence-electron chi connectivity index (χ4n) is 2.31. The average Bonchev–Trinajstić information content (AvgIpc) is 3.20. The van der Waals surface area contributed by atoms with Gasteiger partial charge in [-0.15, -0.1) is 0 Å². The van der Waals surface area contributed by atoms with Crippen LogP contribution in [0.25, 0.3) is 6.08 Å². The summed E-state index contributed by atoms with van der Waals surface area (Å²) in [6.07, 6.45) is 6.42. The number of carbonyl (C=O) groups excluding carboxylic acids is 3. The summed E-state index contributed by atoms with van der Waals surface area (Å²) in [5, 5.41) is -0.431. The molecule has 2 aliphatic rings. The molecule has 7 nitrogen and oxygen atoms in total. The van der Waals surface area contributed by atoms with Gasteiger partial charge >= 0.3 is 0 Å². The van der Waals surface area contributed by atoms with E-state index in [2.05, 4.69) is 0 Å². The molecular weight excluding hydrogens is 332 g/mol. The van der Waals surface area contributed by atoms with Crippen molar-refractivity contribution >= 4 is 34.9 Å². The number of morpholine rings is 1. The Kier molecular flexibility index (Phi) is 5.17. The van der Waals surface area contributed by atoms with Crippen LogP contribution in [0.2, 0.25) is 0 Å². The lowest BCUT2D eigenvalue weighted by molar-refractivity contribution is -0.139. The van der Waals surface area contributed by atoms with Crippen LogP contribution in [0.3, 0.4) is 0 Å². The molecule has 0 unspecified atom stereocenters. The summed E-state index contributed by atoms with van der Waals surface area (Å²) in [5.41, 5.74) is 0. The molecule has 0 aromatic carbocycles. The molecule has 0 atom stereocenters. The number of thioether (sulfide) groups is 1. The normalized spacial score (nSPS) is 20.6. The van der Waals surface area contributed by atoms with Gasteiger partial charge in [-0.25, -0.2) is 0 Å². The Morgan fingerprint density at radius 2 is 2.08 bits per heavy atom. The molecule has 0 radical (unpaired) electrons. The molecule has 8 heteroatoms. The number of ether oxygens (including phenoxy) is 1. The summed E-state index contributed by atoms with van der Waals surface area (Å²) in [6.45, 7) is 1.69. The molecule has 0 aliphatic carbocycles. The van der Waals surface area contributed by atoms with Crippen LogP contribution in [0.5, 0.6) is 0 Å². The zero-order valence-corrected chi connectivity index (χ0v) is 13.7. The van der Waals surface area contributed by atoms with Gasteiger partial charge in [0.15, 0.2) is 0 Å². The molecule has 0 saturated carbocycles. The van der Waals surface area contributed by atoms with Crippen molar-refractivity contribution in [1.82, 2.24) is 9.80 Å². The maximum atomic E-state index is 12.3. The third-order valence-corrected chi connectivity index (χ3v) is 4.51. The fraction of sp³-hybridized carbons (Fsp3) is 0.312. The highest BCUT2D eigenvalue weighted by Gasteiger charge is 2.36. The number of imide groups is 1. The smallest absolute Gasteiger partial charge is 0.294 e. The Morgan fingerprint density at radius 1 is 1.29 bits per heavy atom. The molecule has 3 heterocycles. The molecule has 2 fully saturated rings. The Balaban J connectivity index is 1.62. The quantitative estimate of drug-likeness (QED) is 0.771. The number of rotatable bonds is 4. The predicted molar refractivity (Wildman–Crippen MR) is 87.9 cm³/mol. The lowest BCUT2D eigenvalue weighted by Gasteiger charge is -2.27. The predicted octanol–water partition coefficient (Wildman–Crippen LogP) is 1.73. The van der Waals surface area contributed by atoms with E-state index in [0.717, 1.165) is 16.7 Å². The largest absolute Gasteiger partial charge is 0.465 e. The highest BCUT2D eigenvalue weighted by atomic mass is 32.2. The van der Waals surface area contributed by atoms with Gasteiger partial charge in [0.25, 0.3) is 11.1 Å². The van der Waals surface area contributed by atoms with E-state index in [-0.39, 0.29) is 17.4 Å².